The molecule has 2 aliphatic rings. The summed E-state index contributed by atoms with van der Waals surface area (Å²) in [5, 5.41) is 0.668. The third-order valence-electron chi connectivity index (χ3n) is 5.54. The fourth-order valence-corrected chi connectivity index (χ4v) is 5.72. The maximum Gasteiger partial charge on any atom is 0.212 e. The summed E-state index contributed by atoms with van der Waals surface area (Å²) in [5.74, 6) is 0. The molecule has 8 heteroatoms. The number of nitrogens with zero attached hydrogens (tertiary/aromatic N) is 3. The van der Waals surface area contributed by atoms with Crippen LogP contribution in [0.2, 0.25) is 0 Å². The molecule has 2 aliphatic heterocycles. The SMILES string of the molecule is CS[C@@H](C)CCN1CCC2(CC1)c1nc[nH]c1CCN2S(C)(=O)=O. The van der Waals surface area contributed by atoms with E-state index in [-0.39, 0.29) is 0 Å². The summed E-state index contributed by atoms with van der Waals surface area (Å²) in [6, 6.07) is 0. The first kappa shape index (κ1) is 18.2. The number of sulfonamides is 1. The maximum absolute atomic E-state index is 12.4. The molecule has 0 unspecified atom stereocenters. The van der Waals surface area contributed by atoms with Crippen molar-refractivity contribution in [1.29, 1.82) is 0 Å². The van der Waals surface area contributed by atoms with Gasteiger partial charge in [-0.2, -0.15) is 16.1 Å². The van der Waals surface area contributed by atoms with Crippen LogP contribution in [0.5, 0.6) is 0 Å². The van der Waals surface area contributed by atoms with Crippen LogP contribution in [0, 0.1) is 0 Å². The number of nitrogens with one attached hydrogen (secondary N) is 1. The van der Waals surface area contributed by atoms with Crippen LogP contribution in [-0.2, 0) is 22.0 Å². The average molecular weight is 373 g/mol. The zero-order valence-electron chi connectivity index (χ0n) is 14.8. The molecule has 0 radical (unpaired) electrons. The second kappa shape index (κ2) is 6.97. The molecule has 1 fully saturated rings. The molecular formula is C16H28N4O2S2. The van der Waals surface area contributed by atoms with E-state index in [1.54, 1.807) is 10.6 Å². The van der Waals surface area contributed by atoms with Crippen molar-refractivity contribution in [2.75, 3.05) is 38.7 Å². The lowest BCUT2D eigenvalue weighted by molar-refractivity contribution is 0.0634. The number of fused-ring (bicyclic) bond motifs is 2. The third-order valence-corrected chi connectivity index (χ3v) is 7.91. The number of H-pyrrole nitrogens is 1. The fourth-order valence-electron chi connectivity index (χ4n) is 4.06. The average Bonchev–Trinajstić information content (AvgIpc) is 3.03. The van der Waals surface area contributed by atoms with Gasteiger partial charge in [0.05, 0.1) is 23.8 Å². The summed E-state index contributed by atoms with van der Waals surface area (Å²) in [4.78, 5) is 10.2. The monoisotopic (exact) mass is 372 g/mol. The molecule has 1 saturated heterocycles. The molecule has 0 aromatic carbocycles. The molecule has 0 amide bonds. The third kappa shape index (κ3) is 3.38. The van der Waals surface area contributed by atoms with Crippen LogP contribution in [-0.4, -0.2) is 71.5 Å². The lowest BCUT2D eigenvalue weighted by Gasteiger charge is -2.49. The van der Waals surface area contributed by atoms with Gasteiger partial charge in [-0.25, -0.2) is 13.4 Å². The van der Waals surface area contributed by atoms with Gasteiger partial charge in [-0.1, -0.05) is 6.92 Å². The first-order valence-corrected chi connectivity index (χ1v) is 11.8. The lowest BCUT2D eigenvalue weighted by Crippen LogP contribution is -2.58. The van der Waals surface area contributed by atoms with Crippen molar-refractivity contribution in [3.8, 4) is 0 Å². The summed E-state index contributed by atoms with van der Waals surface area (Å²) < 4.78 is 26.5. The summed E-state index contributed by atoms with van der Waals surface area (Å²) >= 11 is 1.90. The molecule has 3 rings (SSSR count). The Balaban J connectivity index is 1.78. The van der Waals surface area contributed by atoms with Gasteiger partial charge in [-0.15, -0.1) is 0 Å². The number of likely N-dealkylation sites (tertiary alicyclic amines) is 1. The quantitative estimate of drug-likeness (QED) is 0.851. The Morgan fingerprint density at radius 3 is 2.71 bits per heavy atom. The largest absolute Gasteiger partial charge is 0.348 e. The molecule has 0 saturated carbocycles. The normalized spacial score (nSPS) is 23.3. The highest BCUT2D eigenvalue weighted by molar-refractivity contribution is 7.99. The molecule has 1 atom stereocenters. The smallest absolute Gasteiger partial charge is 0.212 e. The van der Waals surface area contributed by atoms with Gasteiger partial charge >= 0.3 is 0 Å². The number of hydrogen-bond donors (Lipinski definition) is 1. The van der Waals surface area contributed by atoms with Crippen LogP contribution < -0.4 is 0 Å². The van der Waals surface area contributed by atoms with E-state index in [9.17, 15) is 8.42 Å². The Kier molecular flexibility index (Phi) is 5.30. The fraction of sp³-hybridized carbons (Fsp3) is 0.812. The molecule has 0 aliphatic carbocycles. The zero-order chi connectivity index (χ0) is 17.4. The van der Waals surface area contributed by atoms with Crippen molar-refractivity contribution < 1.29 is 8.42 Å². The van der Waals surface area contributed by atoms with Crippen molar-refractivity contribution in [2.24, 2.45) is 0 Å². The molecule has 1 aromatic heterocycles. The van der Waals surface area contributed by atoms with Gasteiger partial charge in [-0.05, 0) is 32.1 Å². The Hall–Kier alpha value is -0.570. The standard InChI is InChI=1S/C16H28N4O2S2/c1-13(23-2)4-8-19-10-6-16(7-11-19)15-14(17-12-18-15)5-9-20(16)24(3,21)22/h12-13H,4-11H2,1-3H3,(H,17,18)/t13-/m0/s1. The summed E-state index contributed by atoms with van der Waals surface area (Å²) in [5.41, 5.74) is 1.61. The molecule has 6 nitrogen and oxygen atoms in total. The van der Waals surface area contributed by atoms with E-state index < -0.39 is 15.6 Å². The number of piperidine rings is 1. The first-order chi connectivity index (χ1) is 11.4. The number of aromatic amines is 1. The van der Waals surface area contributed by atoms with Crippen molar-refractivity contribution >= 4 is 21.8 Å². The van der Waals surface area contributed by atoms with Crippen molar-refractivity contribution in [2.45, 2.75) is 43.4 Å². The van der Waals surface area contributed by atoms with E-state index in [1.165, 1.54) is 12.7 Å². The van der Waals surface area contributed by atoms with Crippen LogP contribution in [0.4, 0.5) is 0 Å². The Morgan fingerprint density at radius 1 is 1.38 bits per heavy atom. The van der Waals surface area contributed by atoms with Crippen LogP contribution >= 0.6 is 11.8 Å². The van der Waals surface area contributed by atoms with Gasteiger partial charge < -0.3 is 9.88 Å². The van der Waals surface area contributed by atoms with Gasteiger partial charge in [0, 0.05) is 37.0 Å². The molecule has 136 valence electrons. The van der Waals surface area contributed by atoms with E-state index in [1.807, 2.05) is 11.8 Å². The summed E-state index contributed by atoms with van der Waals surface area (Å²) in [6.45, 7) is 5.76. The molecule has 24 heavy (non-hydrogen) atoms. The number of thioether (sulfide) groups is 1. The Labute approximate surface area is 149 Å². The van der Waals surface area contributed by atoms with Crippen molar-refractivity contribution in [1.82, 2.24) is 19.2 Å². The van der Waals surface area contributed by atoms with Crippen LogP contribution in [0.1, 0.15) is 37.6 Å². The highest BCUT2D eigenvalue weighted by atomic mass is 32.2. The van der Waals surface area contributed by atoms with E-state index in [0.717, 1.165) is 50.3 Å². The topological polar surface area (TPSA) is 69.3 Å². The van der Waals surface area contributed by atoms with Crippen LogP contribution in [0.15, 0.2) is 6.33 Å². The van der Waals surface area contributed by atoms with Crippen LogP contribution in [0.25, 0.3) is 0 Å². The van der Waals surface area contributed by atoms with Gasteiger partial charge in [-0.3, -0.25) is 0 Å². The van der Waals surface area contributed by atoms with Crippen molar-refractivity contribution in [3.05, 3.63) is 17.7 Å². The second-order valence-corrected chi connectivity index (χ2v) is 10.2. The summed E-state index contributed by atoms with van der Waals surface area (Å²) in [6.07, 6.45) is 8.75. The van der Waals surface area contributed by atoms with Gasteiger partial charge in [0.2, 0.25) is 10.0 Å². The maximum atomic E-state index is 12.4. The first-order valence-electron chi connectivity index (χ1n) is 8.62. The Bertz CT molecular complexity index is 665. The van der Waals surface area contributed by atoms with Crippen LogP contribution in [0.3, 0.4) is 0 Å². The number of imidazole rings is 1. The molecular weight excluding hydrogens is 344 g/mol. The number of hydrogen-bond acceptors (Lipinski definition) is 5. The predicted octanol–water partition coefficient (Wildman–Crippen LogP) is 1.66. The highest BCUT2D eigenvalue weighted by Crippen LogP contribution is 2.43. The minimum atomic E-state index is -3.24. The lowest BCUT2D eigenvalue weighted by atomic mass is 9.80. The minimum Gasteiger partial charge on any atom is -0.348 e. The van der Waals surface area contributed by atoms with E-state index in [2.05, 4.69) is 28.0 Å². The minimum absolute atomic E-state index is 0.456. The van der Waals surface area contributed by atoms with Gasteiger partial charge in [0.25, 0.3) is 0 Å². The molecule has 1 aromatic rings. The molecule has 0 bridgehead atoms. The van der Waals surface area contributed by atoms with E-state index in [4.69, 9.17) is 0 Å². The number of aromatic nitrogens is 2. The predicted molar refractivity (Wildman–Crippen MR) is 98.8 cm³/mol. The van der Waals surface area contributed by atoms with Gasteiger partial charge in [0.15, 0.2) is 0 Å². The van der Waals surface area contributed by atoms with Crippen molar-refractivity contribution in [3.63, 3.8) is 0 Å². The summed E-state index contributed by atoms with van der Waals surface area (Å²) in [7, 11) is -3.24. The van der Waals surface area contributed by atoms with E-state index >= 15 is 0 Å². The Morgan fingerprint density at radius 2 is 2.08 bits per heavy atom. The second-order valence-electron chi connectivity index (χ2n) is 7.02. The van der Waals surface area contributed by atoms with Gasteiger partial charge in [0.1, 0.15) is 0 Å². The molecule has 1 N–H and O–H groups in total. The molecule has 1 spiro atoms. The van der Waals surface area contributed by atoms with E-state index in [0.29, 0.717) is 11.8 Å². The number of rotatable bonds is 5. The zero-order valence-corrected chi connectivity index (χ0v) is 16.4. The highest BCUT2D eigenvalue weighted by Gasteiger charge is 2.50. The molecule has 3 heterocycles.